The number of pyridine rings is 1. The number of nitrogens with zero attached hydrogens (tertiary/aromatic N) is 6. The number of rotatable bonds is 5. The third kappa shape index (κ3) is 3.77. The summed E-state index contributed by atoms with van der Waals surface area (Å²) < 4.78 is 11.9. The third-order valence-corrected chi connectivity index (χ3v) is 6.20. The van der Waals surface area contributed by atoms with Gasteiger partial charge in [0.2, 0.25) is 17.6 Å². The normalized spacial score (nSPS) is 16.5. The van der Waals surface area contributed by atoms with Gasteiger partial charge in [-0.15, -0.1) is 0 Å². The maximum Gasteiger partial charge on any atom is 0.420 e. The van der Waals surface area contributed by atoms with E-state index in [9.17, 15) is 9.59 Å². The molecule has 0 radical (unpaired) electrons. The zero-order valence-electron chi connectivity index (χ0n) is 17.9. The molecule has 1 saturated carbocycles. The zero-order chi connectivity index (χ0) is 22.4. The van der Waals surface area contributed by atoms with Gasteiger partial charge in [0, 0.05) is 43.9 Å². The SMILES string of the molecule is O=C(Cn1c(=O)oc2ccccc21)N1CCN(c2ccc(-c3noc(C4CC4)n3)cn2)CC1. The molecule has 6 rings (SSSR count). The average Bonchev–Trinajstić information content (AvgIpc) is 3.50. The van der Waals surface area contributed by atoms with Gasteiger partial charge in [0.15, 0.2) is 5.58 Å². The van der Waals surface area contributed by atoms with Crippen molar-refractivity contribution >= 4 is 22.8 Å². The summed E-state index contributed by atoms with van der Waals surface area (Å²) in [7, 11) is 0. The van der Waals surface area contributed by atoms with Gasteiger partial charge in [0.1, 0.15) is 12.4 Å². The minimum absolute atomic E-state index is 0.0314. The van der Waals surface area contributed by atoms with Gasteiger partial charge in [0.25, 0.3) is 0 Å². The molecular weight excluding hydrogens is 424 g/mol. The van der Waals surface area contributed by atoms with Gasteiger partial charge in [-0.05, 0) is 37.1 Å². The summed E-state index contributed by atoms with van der Waals surface area (Å²) >= 11 is 0. The lowest BCUT2D eigenvalue weighted by Crippen LogP contribution is -2.50. The van der Waals surface area contributed by atoms with Gasteiger partial charge in [-0.3, -0.25) is 9.36 Å². The molecule has 33 heavy (non-hydrogen) atoms. The number of anilines is 1. The van der Waals surface area contributed by atoms with Crippen LogP contribution in [0.15, 0.2) is 56.3 Å². The highest BCUT2D eigenvalue weighted by Crippen LogP contribution is 2.39. The molecular formula is C23H22N6O4. The van der Waals surface area contributed by atoms with E-state index in [1.165, 1.54) is 4.57 Å². The Kier molecular flexibility index (Phi) is 4.70. The number of oxazole rings is 1. The average molecular weight is 446 g/mol. The lowest BCUT2D eigenvalue weighted by molar-refractivity contribution is -0.132. The van der Waals surface area contributed by atoms with Gasteiger partial charge in [-0.2, -0.15) is 4.98 Å². The van der Waals surface area contributed by atoms with Crippen LogP contribution in [0.5, 0.6) is 0 Å². The first-order valence-electron chi connectivity index (χ1n) is 11.1. The molecule has 2 aliphatic rings. The molecule has 1 aliphatic heterocycles. The smallest absolute Gasteiger partial charge is 0.408 e. The summed E-state index contributed by atoms with van der Waals surface area (Å²) in [5, 5.41) is 4.06. The standard InChI is InChI=1S/C23H22N6O4/c30-20(14-29-17-3-1-2-4-18(17)32-23(29)31)28-11-9-27(10-12-28)19-8-7-16(13-24-19)21-25-22(33-26-21)15-5-6-15/h1-4,7-8,13,15H,5-6,9-12,14H2. The van der Waals surface area contributed by atoms with Gasteiger partial charge in [0.05, 0.1) is 5.52 Å². The molecule has 3 aromatic heterocycles. The van der Waals surface area contributed by atoms with Crippen LogP contribution in [0, 0.1) is 0 Å². The Morgan fingerprint density at radius 3 is 2.64 bits per heavy atom. The lowest BCUT2D eigenvalue weighted by Gasteiger charge is -2.35. The van der Waals surface area contributed by atoms with Gasteiger partial charge >= 0.3 is 5.76 Å². The fourth-order valence-corrected chi connectivity index (χ4v) is 4.14. The Labute approximate surface area is 188 Å². The predicted octanol–water partition coefficient (Wildman–Crippen LogP) is 2.27. The fraction of sp³-hybridized carbons (Fsp3) is 0.348. The molecule has 10 heteroatoms. The topological polar surface area (TPSA) is 111 Å². The van der Waals surface area contributed by atoms with E-state index in [0.29, 0.717) is 54.9 Å². The van der Waals surface area contributed by atoms with Crippen molar-refractivity contribution in [3.63, 3.8) is 0 Å². The van der Waals surface area contributed by atoms with E-state index in [-0.39, 0.29) is 12.5 Å². The largest absolute Gasteiger partial charge is 0.420 e. The molecule has 168 valence electrons. The van der Waals surface area contributed by atoms with Crippen LogP contribution in [0.3, 0.4) is 0 Å². The second kappa shape index (κ2) is 7.88. The van der Waals surface area contributed by atoms with Crippen LogP contribution >= 0.6 is 0 Å². The highest BCUT2D eigenvalue weighted by atomic mass is 16.5. The molecule has 2 fully saturated rings. The van der Waals surface area contributed by atoms with Crippen LogP contribution < -0.4 is 10.7 Å². The number of amides is 1. The second-order valence-electron chi connectivity index (χ2n) is 8.43. The number of aromatic nitrogens is 4. The number of carbonyl (C=O) groups excluding carboxylic acids is 1. The molecule has 0 spiro atoms. The number of piperazine rings is 1. The molecule has 0 unspecified atom stereocenters. The monoisotopic (exact) mass is 446 g/mol. The van der Waals surface area contributed by atoms with Gasteiger partial charge in [-0.25, -0.2) is 9.78 Å². The molecule has 0 bridgehead atoms. The Morgan fingerprint density at radius 1 is 1.06 bits per heavy atom. The first-order valence-corrected chi connectivity index (χ1v) is 11.1. The molecule has 0 N–H and O–H groups in total. The number of hydrogen-bond donors (Lipinski definition) is 0. The lowest BCUT2D eigenvalue weighted by atomic mass is 10.2. The van der Waals surface area contributed by atoms with E-state index in [0.717, 1.165) is 24.2 Å². The summed E-state index contributed by atoms with van der Waals surface area (Å²) in [6, 6.07) is 11.0. The predicted molar refractivity (Wildman–Crippen MR) is 119 cm³/mol. The zero-order valence-corrected chi connectivity index (χ0v) is 17.9. The van der Waals surface area contributed by atoms with Crippen LogP contribution in [0.4, 0.5) is 5.82 Å². The summed E-state index contributed by atoms with van der Waals surface area (Å²) in [6.07, 6.45) is 3.98. The summed E-state index contributed by atoms with van der Waals surface area (Å²) in [5.74, 6) is 1.92. The van der Waals surface area contributed by atoms with Crippen molar-refractivity contribution in [3.05, 3.63) is 59.0 Å². The van der Waals surface area contributed by atoms with Crippen molar-refractivity contribution in [2.24, 2.45) is 0 Å². The molecule has 10 nitrogen and oxygen atoms in total. The summed E-state index contributed by atoms with van der Waals surface area (Å²) in [4.78, 5) is 37.9. The maximum absolute atomic E-state index is 12.8. The number of hydrogen-bond acceptors (Lipinski definition) is 8. The Balaban J connectivity index is 1.08. The number of benzene rings is 1. The molecule has 0 atom stereocenters. The van der Waals surface area contributed by atoms with E-state index in [1.807, 2.05) is 18.2 Å². The van der Waals surface area contributed by atoms with Crippen molar-refractivity contribution in [2.75, 3.05) is 31.1 Å². The third-order valence-electron chi connectivity index (χ3n) is 6.20. The minimum Gasteiger partial charge on any atom is -0.408 e. The van der Waals surface area contributed by atoms with E-state index >= 15 is 0 Å². The summed E-state index contributed by atoms with van der Waals surface area (Å²) in [6.45, 7) is 2.40. The number of carbonyl (C=O) groups is 1. The first kappa shape index (κ1) is 19.7. The van der Waals surface area contributed by atoms with Crippen molar-refractivity contribution in [1.82, 2.24) is 24.6 Å². The summed E-state index contributed by atoms with van der Waals surface area (Å²) in [5.41, 5.74) is 1.94. The van der Waals surface area contributed by atoms with Crippen LogP contribution in [-0.4, -0.2) is 56.7 Å². The quantitative estimate of drug-likeness (QED) is 0.459. The Bertz CT molecular complexity index is 1360. The minimum atomic E-state index is -0.515. The highest BCUT2D eigenvalue weighted by Gasteiger charge is 2.30. The van der Waals surface area contributed by atoms with E-state index in [4.69, 9.17) is 8.94 Å². The van der Waals surface area contributed by atoms with E-state index < -0.39 is 5.76 Å². The van der Waals surface area contributed by atoms with Crippen molar-refractivity contribution in [1.29, 1.82) is 0 Å². The van der Waals surface area contributed by atoms with E-state index in [1.54, 1.807) is 29.3 Å². The van der Waals surface area contributed by atoms with Crippen LogP contribution in [-0.2, 0) is 11.3 Å². The highest BCUT2D eigenvalue weighted by molar-refractivity contribution is 5.79. The van der Waals surface area contributed by atoms with E-state index in [2.05, 4.69) is 20.0 Å². The van der Waals surface area contributed by atoms with Crippen molar-refractivity contribution in [2.45, 2.75) is 25.3 Å². The molecule has 1 aromatic carbocycles. The van der Waals surface area contributed by atoms with Crippen molar-refractivity contribution < 1.29 is 13.7 Å². The number of fused-ring (bicyclic) bond motifs is 1. The van der Waals surface area contributed by atoms with Crippen molar-refractivity contribution in [3.8, 4) is 11.4 Å². The van der Waals surface area contributed by atoms with Crippen LogP contribution in [0.1, 0.15) is 24.7 Å². The molecule has 4 heterocycles. The molecule has 1 aliphatic carbocycles. The Hall–Kier alpha value is -3.95. The van der Waals surface area contributed by atoms with Crippen LogP contribution in [0.2, 0.25) is 0 Å². The fourth-order valence-electron chi connectivity index (χ4n) is 4.14. The maximum atomic E-state index is 12.8. The van der Waals surface area contributed by atoms with Crippen LogP contribution in [0.25, 0.3) is 22.5 Å². The first-order chi connectivity index (χ1) is 16.2. The van der Waals surface area contributed by atoms with Gasteiger partial charge in [-0.1, -0.05) is 17.3 Å². The molecule has 1 saturated heterocycles. The Morgan fingerprint density at radius 2 is 1.88 bits per heavy atom. The molecule has 1 amide bonds. The van der Waals surface area contributed by atoms with Gasteiger partial charge < -0.3 is 18.7 Å². The molecule has 4 aromatic rings. The second-order valence-corrected chi connectivity index (χ2v) is 8.43. The number of para-hydroxylation sites is 2.